The molecule has 38 heavy (non-hydrogen) atoms. The number of hydrogen-bond donors (Lipinski definition) is 4. The van der Waals surface area contributed by atoms with E-state index in [1.807, 2.05) is 0 Å². The van der Waals surface area contributed by atoms with Crippen LogP contribution in [0.4, 0.5) is 18.3 Å². The van der Waals surface area contributed by atoms with E-state index in [4.69, 9.17) is 11.5 Å². The molecule has 4 rings (SSSR count). The number of nitrogen functional groups attached to an aromatic ring is 1. The van der Waals surface area contributed by atoms with E-state index in [1.165, 1.54) is 34.9 Å². The summed E-state index contributed by atoms with van der Waals surface area (Å²) >= 11 is 4.40. The summed E-state index contributed by atoms with van der Waals surface area (Å²) in [4.78, 5) is 46.8. The molecule has 0 aromatic carbocycles. The number of amides is 2. The molecule has 14 nitrogen and oxygen atoms in total. The van der Waals surface area contributed by atoms with Gasteiger partial charge in [-0.15, -0.1) is 22.0 Å². The summed E-state index contributed by atoms with van der Waals surface area (Å²) < 4.78 is 41.7. The van der Waals surface area contributed by atoms with E-state index in [0.29, 0.717) is 26.5 Å². The number of nitrogens with two attached hydrogens (primary N) is 2. The summed E-state index contributed by atoms with van der Waals surface area (Å²) in [5.74, 6) is -3.08. The van der Waals surface area contributed by atoms with Gasteiger partial charge in [0, 0.05) is 29.6 Å². The molecule has 204 valence electrons. The maximum atomic E-state index is 12.9. The predicted octanol–water partition coefficient (Wildman–Crippen LogP) is 0.244. The molecule has 2 aromatic heterocycles. The van der Waals surface area contributed by atoms with Crippen LogP contribution in [0.5, 0.6) is 0 Å². The lowest BCUT2D eigenvalue weighted by Gasteiger charge is -2.49. The fraction of sp³-hybridized carbons (Fsp3) is 0.412. The zero-order valence-electron chi connectivity index (χ0n) is 18.7. The Bertz CT molecular complexity index is 1310. The van der Waals surface area contributed by atoms with Crippen LogP contribution < -0.4 is 16.8 Å². The summed E-state index contributed by atoms with van der Waals surface area (Å²) in [5, 5.41) is 23.0. The number of carbonyl (C=O) groups excluding carboxylic acids is 2. The molecular formula is C17H16F3N9O5S4. The van der Waals surface area contributed by atoms with Gasteiger partial charge in [0.05, 0.1) is 0 Å². The Morgan fingerprint density at radius 3 is 2.71 bits per heavy atom. The van der Waals surface area contributed by atoms with Gasteiger partial charge in [0.2, 0.25) is 18.1 Å². The van der Waals surface area contributed by atoms with Gasteiger partial charge in [-0.1, -0.05) is 28.3 Å². The molecule has 0 radical (unpaired) electrons. The maximum absolute atomic E-state index is 12.9. The molecule has 0 spiro atoms. The zero-order valence-corrected chi connectivity index (χ0v) is 21.9. The van der Waals surface area contributed by atoms with Gasteiger partial charge in [0.1, 0.15) is 22.1 Å². The SMILES string of the molecule is NCc1nnc(SCC2=C(C(=O)O)N3C(=O)C(NC(=O)/C(=N/OCC(F)(F)F)c4nsc(N)n4)[C@H]3SC2)s1. The molecular weight excluding hydrogens is 596 g/mol. The number of rotatable bonds is 10. The number of alkyl halides is 3. The molecule has 2 amide bonds. The van der Waals surface area contributed by atoms with Crippen molar-refractivity contribution in [1.29, 1.82) is 0 Å². The number of thioether (sulfide) groups is 2. The lowest BCUT2D eigenvalue weighted by atomic mass is 10.0. The first kappa shape index (κ1) is 28.0. The van der Waals surface area contributed by atoms with Gasteiger partial charge in [0.25, 0.3) is 11.8 Å². The highest BCUT2D eigenvalue weighted by Crippen LogP contribution is 2.41. The number of carboxylic acid groups (broad SMARTS) is 1. The first-order chi connectivity index (χ1) is 18.0. The summed E-state index contributed by atoms with van der Waals surface area (Å²) in [6.07, 6.45) is -4.72. The number of oxime groups is 1. The molecule has 0 saturated carbocycles. The molecule has 21 heteroatoms. The third-order valence-corrected chi connectivity index (χ3v) is 8.83. The predicted molar refractivity (Wildman–Crippen MR) is 131 cm³/mol. The van der Waals surface area contributed by atoms with Gasteiger partial charge in [-0.05, 0) is 5.57 Å². The van der Waals surface area contributed by atoms with Crippen LogP contribution in [-0.4, -0.2) is 88.8 Å². The normalized spacial score (nSPS) is 19.7. The fourth-order valence-corrected chi connectivity index (χ4v) is 6.91. The summed E-state index contributed by atoms with van der Waals surface area (Å²) in [7, 11) is 0. The molecule has 6 N–H and O–H groups in total. The highest BCUT2D eigenvalue weighted by atomic mass is 32.2. The van der Waals surface area contributed by atoms with Crippen LogP contribution in [0, 0.1) is 0 Å². The van der Waals surface area contributed by atoms with Crippen molar-refractivity contribution in [3.8, 4) is 0 Å². The molecule has 1 saturated heterocycles. The maximum Gasteiger partial charge on any atom is 0.425 e. The van der Waals surface area contributed by atoms with Gasteiger partial charge >= 0.3 is 12.1 Å². The summed E-state index contributed by atoms with van der Waals surface area (Å²) in [6.45, 7) is -1.56. The number of hydrogen-bond acceptors (Lipinski definition) is 15. The average Bonchev–Trinajstić information content (AvgIpc) is 3.51. The number of carboxylic acids is 1. The van der Waals surface area contributed by atoms with Crippen molar-refractivity contribution in [3.63, 3.8) is 0 Å². The minimum absolute atomic E-state index is 0.0838. The number of nitrogens with one attached hydrogen (secondary N) is 1. The van der Waals surface area contributed by atoms with Crippen LogP contribution >= 0.6 is 46.4 Å². The number of β-lactam (4-membered cyclic amide) rings is 1. The van der Waals surface area contributed by atoms with Gasteiger partial charge in [0.15, 0.2) is 9.47 Å². The van der Waals surface area contributed by atoms with Crippen molar-refractivity contribution >= 4 is 75.0 Å². The molecule has 2 aliphatic rings. The van der Waals surface area contributed by atoms with Crippen molar-refractivity contribution in [2.45, 2.75) is 28.5 Å². The zero-order chi connectivity index (χ0) is 27.6. The Kier molecular flexibility index (Phi) is 8.40. The lowest BCUT2D eigenvalue weighted by Crippen LogP contribution is -2.71. The molecule has 2 aromatic rings. The second-order valence-electron chi connectivity index (χ2n) is 7.36. The van der Waals surface area contributed by atoms with Crippen molar-refractivity contribution in [2.24, 2.45) is 10.9 Å². The highest BCUT2D eigenvalue weighted by Gasteiger charge is 2.54. The van der Waals surface area contributed by atoms with E-state index in [0.717, 1.165) is 4.90 Å². The van der Waals surface area contributed by atoms with Crippen LogP contribution in [-0.2, 0) is 25.8 Å². The first-order valence-corrected chi connectivity index (χ1v) is 13.8. The molecule has 2 atom stereocenters. The van der Waals surface area contributed by atoms with Crippen LogP contribution in [0.15, 0.2) is 20.8 Å². The fourth-order valence-electron chi connectivity index (χ4n) is 3.22. The van der Waals surface area contributed by atoms with Crippen LogP contribution in [0.3, 0.4) is 0 Å². The Morgan fingerprint density at radius 2 is 2.11 bits per heavy atom. The molecule has 0 bridgehead atoms. The minimum atomic E-state index is -4.72. The van der Waals surface area contributed by atoms with Crippen LogP contribution in [0.1, 0.15) is 10.8 Å². The van der Waals surface area contributed by atoms with Gasteiger partial charge in [-0.25, -0.2) is 4.79 Å². The number of fused-ring (bicyclic) bond motifs is 1. The van der Waals surface area contributed by atoms with E-state index < -0.39 is 53.5 Å². The van der Waals surface area contributed by atoms with E-state index in [2.05, 4.69) is 34.9 Å². The summed E-state index contributed by atoms with van der Waals surface area (Å²) in [5.41, 5.74) is 10.5. The quantitative estimate of drug-likeness (QED) is 0.123. The van der Waals surface area contributed by atoms with E-state index >= 15 is 0 Å². The standard InChI is InChI=1S/C17H16F3N9O5S4/c18-17(19,20)4-34-27-7(10-24-15(22)38-28-10)11(30)23-8-12(31)29-9(14(32)33)5(2-35-13(8)29)3-36-16-26-25-6(1-21)37-16/h8,13H,1-4,21H2,(H,23,30)(H,32,33)(H2,22,24,28)/b27-7+/t8?,13-/m1/s1. The third-order valence-electron chi connectivity index (χ3n) is 4.78. The van der Waals surface area contributed by atoms with Gasteiger partial charge in [-0.3, -0.25) is 14.5 Å². The molecule has 0 aliphatic carbocycles. The Labute approximate surface area is 227 Å². The Hall–Kier alpha value is -3.01. The van der Waals surface area contributed by atoms with Gasteiger partial charge in [-0.2, -0.15) is 22.5 Å². The lowest BCUT2D eigenvalue weighted by molar-refractivity contribution is -0.174. The molecule has 4 heterocycles. The van der Waals surface area contributed by atoms with Crippen LogP contribution in [0.2, 0.25) is 0 Å². The third kappa shape index (κ3) is 6.17. The van der Waals surface area contributed by atoms with Crippen molar-refractivity contribution < 1.29 is 37.5 Å². The number of nitrogens with zero attached hydrogens (tertiary/aromatic N) is 6. The second-order valence-corrected chi connectivity index (χ2v) is 11.5. The molecule has 1 unspecified atom stereocenters. The number of aromatic nitrogens is 4. The van der Waals surface area contributed by atoms with E-state index in [-0.39, 0.29) is 28.9 Å². The van der Waals surface area contributed by atoms with E-state index in [9.17, 15) is 32.7 Å². The van der Waals surface area contributed by atoms with Crippen molar-refractivity contribution in [2.75, 3.05) is 23.8 Å². The van der Waals surface area contributed by atoms with Gasteiger partial charge < -0.3 is 26.7 Å². The number of carbonyl (C=O) groups is 3. The average molecular weight is 612 g/mol. The van der Waals surface area contributed by atoms with Crippen molar-refractivity contribution in [3.05, 3.63) is 22.1 Å². The first-order valence-electron chi connectivity index (χ1n) is 10.2. The highest BCUT2D eigenvalue weighted by molar-refractivity contribution is 8.01. The second kappa shape index (κ2) is 11.4. The van der Waals surface area contributed by atoms with E-state index in [1.54, 1.807) is 0 Å². The molecule has 1 fully saturated rings. The molecule has 2 aliphatic heterocycles. The smallest absolute Gasteiger partial charge is 0.425 e. The Balaban J connectivity index is 1.48. The topological polar surface area (TPSA) is 212 Å². The summed E-state index contributed by atoms with van der Waals surface area (Å²) in [6, 6.07) is -1.19. The van der Waals surface area contributed by atoms with Crippen LogP contribution in [0.25, 0.3) is 0 Å². The number of anilines is 1. The largest absolute Gasteiger partial charge is 0.477 e. The monoisotopic (exact) mass is 611 g/mol. The minimum Gasteiger partial charge on any atom is -0.477 e. The Morgan fingerprint density at radius 1 is 1.34 bits per heavy atom. The number of halogens is 3. The van der Waals surface area contributed by atoms with Crippen molar-refractivity contribution in [1.82, 2.24) is 29.8 Å². The number of aliphatic carboxylic acids is 1.